The number of rotatable bonds is 19. The monoisotopic (exact) mass is 411 g/mol. The van der Waals surface area contributed by atoms with Crippen LogP contribution < -0.4 is 11.1 Å². The van der Waals surface area contributed by atoms with Gasteiger partial charge in [-0.2, -0.15) is 0 Å². The van der Waals surface area contributed by atoms with E-state index in [-0.39, 0.29) is 12.3 Å². The molecular formula is C23H43N2O4. The van der Waals surface area contributed by atoms with Gasteiger partial charge in [-0.1, -0.05) is 85.0 Å². The Morgan fingerprint density at radius 2 is 1.45 bits per heavy atom. The predicted octanol–water partition coefficient (Wildman–Crippen LogP) is 4.36. The molecule has 0 aromatic carbocycles. The van der Waals surface area contributed by atoms with Crippen LogP contribution in [0.3, 0.4) is 0 Å². The molecule has 169 valence electrons. The fourth-order valence-electron chi connectivity index (χ4n) is 3.54. The minimum atomic E-state index is -0.929. The van der Waals surface area contributed by atoms with E-state index in [0.717, 1.165) is 19.3 Å². The van der Waals surface area contributed by atoms with Gasteiger partial charge >= 0.3 is 5.97 Å². The van der Waals surface area contributed by atoms with E-state index in [2.05, 4.69) is 12.2 Å². The minimum absolute atomic E-state index is 0.0659. The van der Waals surface area contributed by atoms with Gasteiger partial charge in [0.15, 0.2) is 0 Å². The van der Waals surface area contributed by atoms with Gasteiger partial charge in [-0.25, -0.2) is 0 Å². The fourth-order valence-corrected chi connectivity index (χ4v) is 3.54. The molecule has 0 spiro atoms. The SMILES string of the molecule is CCCCCCCCCCCCC(C[C@@H]([C]=O)NC(=O)[C@@H](N)CC(C)C)C(=O)O. The van der Waals surface area contributed by atoms with Gasteiger partial charge in [0, 0.05) is 0 Å². The van der Waals surface area contributed by atoms with Gasteiger partial charge in [0.1, 0.15) is 0 Å². The van der Waals surface area contributed by atoms with Crippen molar-refractivity contribution in [2.75, 3.05) is 0 Å². The summed E-state index contributed by atoms with van der Waals surface area (Å²) in [6, 6.07) is -1.62. The van der Waals surface area contributed by atoms with Crippen LogP contribution in [-0.2, 0) is 14.4 Å². The zero-order valence-electron chi connectivity index (χ0n) is 18.8. The lowest BCUT2D eigenvalue weighted by molar-refractivity contribution is -0.142. The number of unbranched alkanes of at least 4 members (excludes halogenated alkanes) is 9. The Bertz CT molecular complexity index is 454. The molecule has 0 heterocycles. The van der Waals surface area contributed by atoms with Crippen molar-refractivity contribution in [1.82, 2.24) is 5.32 Å². The Hall–Kier alpha value is -1.43. The maximum atomic E-state index is 12.1. The minimum Gasteiger partial charge on any atom is -0.481 e. The fraction of sp³-hybridized carbons (Fsp3) is 0.870. The molecule has 6 nitrogen and oxygen atoms in total. The number of carbonyl (C=O) groups excluding carboxylic acids is 2. The van der Waals surface area contributed by atoms with Crippen LogP contribution in [0, 0.1) is 11.8 Å². The smallest absolute Gasteiger partial charge is 0.306 e. The Labute approximate surface area is 177 Å². The van der Waals surface area contributed by atoms with Crippen molar-refractivity contribution in [1.29, 1.82) is 0 Å². The topological polar surface area (TPSA) is 109 Å². The van der Waals surface area contributed by atoms with E-state index in [1.165, 1.54) is 44.9 Å². The summed E-state index contributed by atoms with van der Waals surface area (Å²) in [7, 11) is 0. The number of carboxylic acid groups (broad SMARTS) is 1. The molecule has 0 aliphatic rings. The second-order valence-electron chi connectivity index (χ2n) is 8.66. The van der Waals surface area contributed by atoms with Crippen molar-refractivity contribution in [3.05, 3.63) is 0 Å². The zero-order valence-corrected chi connectivity index (χ0v) is 18.8. The average Bonchev–Trinajstić information content (AvgIpc) is 2.66. The third kappa shape index (κ3) is 15.1. The van der Waals surface area contributed by atoms with Crippen LogP contribution in [-0.4, -0.2) is 35.4 Å². The maximum Gasteiger partial charge on any atom is 0.306 e. The van der Waals surface area contributed by atoms with Gasteiger partial charge in [-0.15, -0.1) is 0 Å². The zero-order chi connectivity index (χ0) is 22.1. The van der Waals surface area contributed by atoms with Crippen LogP contribution in [0.1, 0.15) is 104 Å². The Balaban J connectivity index is 4.14. The Morgan fingerprint density at radius 3 is 1.90 bits per heavy atom. The Morgan fingerprint density at radius 1 is 0.931 bits per heavy atom. The van der Waals surface area contributed by atoms with Crippen LogP contribution in [0.5, 0.6) is 0 Å². The van der Waals surface area contributed by atoms with E-state index in [1.54, 1.807) is 6.29 Å². The number of amides is 1. The normalized spacial score (nSPS) is 14.4. The number of hydrogen-bond acceptors (Lipinski definition) is 4. The molecule has 6 heteroatoms. The number of nitrogens with one attached hydrogen (secondary N) is 1. The molecule has 0 rings (SSSR count). The highest BCUT2D eigenvalue weighted by Gasteiger charge is 2.25. The first-order chi connectivity index (χ1) is 13.8. The molecule has 0 fully saturated rings. The van der Waals surface area contributed by atoms with E-state index in [9.17, 15) is 19.5 Å². The number of carboxylic acids is 1. The summed E-state index contributed by atoms with van der Waals surface area (Å²) in [4.78, 5) is 34.8. The molecule has 29 heavy (non-hydrogen) atoms. The second-order valence-corrected chi connectivity index (χ2v) is 8.66. The Kier molecular flexibility index (Phi) is 16.6. The molecule has 0 bridgehead atoms. The molecule has 0 aromatic rings. The molecule has 1 radical (unpaired) electrons. The first-order valence-electron chi connectivity index (χ1n) is 11.5. The van der Waals surface area contributed by atoms with Crippen molar-refractivity contribution in [2.24, 2.45) is 17.6 Å². The molecule has 0 saturated carbocycles. The van der Waals surface area contributed by atoms with Gasteiger partial charge < -0.3 is 16.2 Å². The molecule has 1 unspecified atom stereocenters. The van der Waals surface area contributed by atoms with Crippen LogP contribution >= 0.6 is 0 Å². The van der Waals surface area contributed by atoms with E-state index >= 15 is 0 Å². The molecular weight excluding hydrogens is 368 g/mol. The third-order valence-electron chi connectivity index (χ3n) is 5.30. The van der Waals surface area contributed by atoms with E-state index in [0.29, 0.717) is 12.8 Å². The number of aliphatic carboxylic acids is 1. The quantitative estimate of drug-likeness (QED) is 0.274. The summed E-state index contributed by atoms with van der Waals surface area (Å²) < 4.78 is 0. The largest absolute Gasteiger partial charge is 0.481 e. The molecule has 1 amide bonds. The number of carbonyl (C=O) groups is 2. The molecule has 0 aliphatic carbocycles. The van der Waals surface area contributed by atoms with E-state index < -0.39 is 29.9 Å². The summed E-state index contributed by atoms with van der Waals surface area (Å²) in [5.41, 5.74) is 5.83. The van der Waals surface area contributed by atoms with Crippen molar-refractivity contribution in [3.8, 4) is 0 Å². The van der Waals surface area contributed by atoms with Gasteiger partial charge in [0.05, 0.1) is 18.0 Å². The molecule has 0 aliphatic heterocycles. The first-order valence-corrected chi connectivity index (χ1v) is 11.5. The molecule has 3 atom stereocenters. The molecule has 0 saturated heterocycles. The highest BCUT2D eigenvalue weighted by atomic mass is 16.4. The van der Waals surface area contributed by atoms with Crippen molar-refractivity contribution in [2.45, 2.75) is 116 Å². The second kappa shape index (κ2) is 17.4. The van der Waals surface area contributed by atoms with E-state index in [1.807, 2.05) is 13.8 Å². The average molecular weight is 412 g/mol. The van der Waals surface area contributed by atoms with Gasteiger partial charge in [0.25, 0.3) is 0 Å². The predicted molar refractivity (Wildman–Crippen MR) is 117 cm³/mol. The summed E-state index contributed by atoms with van der Waals surface area (Å²) >= 11 is 0. The number of hydrogen-bond donors (Lipinski definition) is 3. The van der Waals surface area contributed by atoms with Gasteiger partial charge in [-0.3, -0.25) is 14.4 Å². The summed E-state index contributed by atoms with van der Waals surface area (Å²) in [6.45, 7) is 6.14. The van der Waals surface area contributed by atoms with Crippen molar-refractivity contribution >= 4 is 18.2 Å². The van der Waals surface area contributed by atoms with Crippen LogP contribution in [0.4, 0.5) is 0 Å². The lowest BCUT2D eigenvalue weighted by Gasteiger charge is -2.20. The van der Waals surface area contributed by atoms with E-state index in [4.69, 9.17) is 5.73 Å². The maximum absolute atomic E-state index is 12.1. The summed E-state index contributed by atoms with van der Waals surface area (Å²) in [5, 5.41) is 12.0. The van der Waals surface area contributed by atoms with Crippen molar-refractivity contribution in [3.63, 3.8) is 0 Å². The highest BCUT2D eigenvalue weighted by molar-refractivity contribution is 5.84. The molecule has 0 aromatic heterocycles. The van der Waals surface area contributed by atoms with Crippen LogP contribution in [0.2, 0.25) is 0 Å². The first kappa shape index (κ1) is 27.6. The van der Waals surface area contributed by atoms with Crippen LogP contribution in [0.15, 0.2) is 0 Å². The summed E-state index contributed by atoms with van der Waals surface area (Å²) in [6.07, 6.45) is 14.7. The van der Waals surface area contributed by atoms with Crippen molar-refractivity contribution < 1.29 is 19.5 Å². The van der Waals surface area contributed by atoms with Crippen LogP contribution in [0.25, 0.3) is 0 Å². The van der Waals surface area contributed by atoms with Gasteiger partial charge in [0.2, 0.25) is 12.2 Å². The summed E-state index contributed by atoms with van der Waals surface area (Å²) in [5.74, 6) is -1.74. The standard InChI is InChI=1S/C23H43N2O4/c1-4-5-6-7-8-9-10-11-12-13-14-19(23(28)29)16-20(17-26)25-22(27)21(24)15-18(2)3/h18-21H,4-16,24H2,1-3H3,(H,25,27)(H,28,29)/t19?,20-,21-/m0/s1. The molecule has 4 N–H and O–H groups in total. The lowest BCUT2D eigenvalue weighted by atomic mass is 9.93. The third-order valence-corrected chi connectivity index (χ3v) is 5.30. The highest BCUT2D eigenvalue weighted by Crippen LogP contribution is 2.18. The van der Waals surface area contributed by atoms with Gasteiger partial charge in [-0.05, 0) is 25.2 Å². The number of nitrogens with two attached hydrogens (primary N) is 1. The lowest BCUT2D eigenvalue weighted by Crippen LogP contribution is -2.47.